The minimum absolute atomic E-state index is 0.00898. The number of benzene rings is 1. The Hall–Kier alpha value is -4.18. The van der Waals surface area contributed by atoms with Gasteiger partial charge in [-0.05, 0) is 103 Å². The van der Waals surface area contributed by atoms with Crippen LogP contribution in [0.4, 0.5) is 4.79 Å². The summed E-state index contributed by atoms with van der Waals surface area (Å²) < 4.78 is 37.7. The highest BCUT2D eigenvalue weighted by Crippen LogP contribution is 2.65. The Morgan fingerprint density at radius 3 is 2.36 bits per heavy atom. The normalized spacial score (nSPS) is 24.8. The molecule has 5 aliphatic rings. The summed E-state index contributed by atoms with van der Waals surface area (Å²) in [6.07, 6.45) is 2.78. The van der Waals surface area contributed by atoms with Crippen molar-refractivity contribution in [3.05, 3.63) is 35.2 Å². The molecule has 3 heterocycles. The number of carbonyl (C=O) groups excluding carboxylic acids is 3. The Bertz CT molecular complexity index is 1760. The molecule has 2 bridgehead atoms. The molecule has 53 heavy (non-hydrogen) atoms. The Balaban J connectivity index is 1.21. The minimum atomic E-state index is -1.07. The van der Waals surface area contributed by atoms with Gasteiger partial charge in [-0.1, -0.05) is 25.1 Å². The van der Waals surface area contributed by atoms with E-state index in [0.717, 1.165) is 17.5 Å². The zero-order valence-corrected chi connectivity index (χ0v) is 32.1. The van der Waals surface area contributed by atoms with E-state index in [1.165, 1.54) is 6.20 Å². The summed E-state index contributed by atoms with van der Waals surface area (Å²) in [6, 6.07) is 3.39. The summed E-state index contributed by atoms with van der Waals surface area (Å²) in [7, 11) is -0.476. The third-order valence-electron chi connectivity index (χ3n) is 10.7. The molecule has 1 aromatic carbocycles. The number of aliphatic carboxylic acids is 1. The first-order chi connectivity index (χ1) is 24.6. The summed E-state index contributed by atoms with van der Waals surface area (Å²) in [5, 5.41) is 16.6. The third kappa shape index (κ3) is 8.33. The molecule has 3 aliphatic carbocycles. The van der Waals surface area contributed by atoms with Crippen molar-refractivity contribution < 1.29 is 52.5 Å². The molecule has 16 heteroatoms. The van der Waals surface area contributed by atoms with E-state index < -0.39 is 42.5 Å². The van der Waals surface area contributed by atoms with Crippen molar-refractivity contribution in [1.82, 2.24) is 19.9 Å². The number of likely N-dealkylation sites (tertiary alicyclic amines) is 1. The SMILES string of the molecule is CC(C)(C)OC(=O)Oc1c(CCB2O[C@@H]3C[C@@H]4C[C@@H](C4(C)C)[C@]3(C)O2)ccc(OC2CN(C(=O)Cc3cn(CC(=O)O)nn3)C2)c1C(=O)OC(C)(C)C. The van der Waals surface area contributed by atoms with Crippen LogP contribution in [0.5, 0.6) is 11.5 Å². The molecule has 1 N–H and O–H groups in total. The van der Waals surface area contributed by atoms with Gasteiger partial charge in [-0.2, -0.15) is 0 Å². The van der Waals surface area contributed by atoms with E-state index in [1.54, 1.807) is 58.6 Å². The average molecular weight is 739 g/mol. The predicted octanol–water partition coefficient (Wildman–Crippen LogP) is 4.74. The first-order valence-corrected chi connectivity index (χ1v) is 18.3. The minimum Gasteiger partial charge on any atom is -0.486 e. The summed E-state index contributed by atoms with van der Waals surface area (Å²) in [6.45, 7) is 17.2. The highest BCUT2D eigenvalue weighted by molar-refractivity contribution is 6.45. The number of carboxylic acids is 1. The van der Waals surface area contributed by atoms with Gasteiger partial charge in [-0.3, -0.25) is 9.59 Å². The molecule has 2 aromatic rings. The lowest BCUT2D eigenvalue weighted by molar-refractivity contribution is -0.199. The maximum Gasteiger partial charge on any atom is 0.514 e. The molecule has 7 rings (SSSR count). The van der Waals surface area contributed by atoms with Crippen LogP contribution in [-0.2, 0) is 47.8 Å². The van der Waals surface area contributed by atoms with E-state index in [4.69, 9.17) is 33.4 Å². The van der Waals surface area contributed by atoms with E-state index in [2.05, 4.69) is 31.1 Å². The topological polar surface area (TPSA) is 178 Å². The average Bonchev–Trinajstić information content (AvgIpc) is 3.57. The summed E-state index contributed by atoms with van der Waals surface area (Å²) in [5.74, 6) is -0.954. The lowest BCUT2D eigenvalue weighted by Crippen LogP contribution is -2.65. The Morgan fingerprint density at radius 2 is 1.72 bits per heavy atom. The fourth-order valence-electron chi connectivity index (χ4n) is 8.04. The second-order valence-electron chi connectivity index (χ2n) is 17.4. The highest BCUT2D eigenvalue weighted by atomic mass is 16.7. The molecule has 1 aromatic heterocycles. The molecule has 15 nitrogen and oxygen atoms in total. The second kappa shape index (κ2) is 13.9. The maximum absolute atomic E-state index is 13.9. The number of aromatic nitrogens is 3. The molecule has 5 fully saturated rings. The van der Waals surface area contributed by atoms with Gasteiger partial charge in [-0.15, -0.1) is 5.10 Å². The van der Waals surface area contributed by atoms with Crippen LogP contribution >= 0.6 is 0 Å². The summed E-state index contributed by atoms with van der Waals surface area (Å²) in [5.41, 5.74) is -1.11. The van der Waals surface area contributed by atoms with E-state index >= 15 is 0 Å². The quantitative estimate of drug-likeness (QED) is 0.190. The zero-order valence-electron chi connectivity index (χ0n) is 32.1. The fourth-order valence-corrected chi connectivity index (χ4v) is 8.04. The number of aryl methyl sites for hydroxylation is 1. The second-order valence-corrected chi connectivity index (χ2v) is 17.4. The van der Waals surface area contributed by atoms with E-state index in [-0.39, 0.29) is 66.1 Å². The van der Waals surface area contributed by atoms with Gasteiger partial charge in [0.25, 0.3) is 0 Å². The number of ether oxygens (including phenoxy) is 4. The molecule has 0 spiro atoms. The number of carboxylic acid groups (broad SMARTS) is 1. The molecular formula is C37H51BN4O11. The molecule has 3 saturated carbocycles. The largest absolute Gasteiger partial charge is 0.514 e. The lowest BCUT2D eigenvalue weighted by atomic mass is 9.43. The first-order valence-electron chi connectivity index (χ1n) is 18.3. The summed E-state index contributed by atoms with van der Waals surface area (Å²) in [4.78, 5) is 52.5. The van der Waals surface area contributed by atoms with Gasteiger partial charge in [0.1, 0.15) is 35.2 Å². The maximum atomic E-state index is 13.9. The molecule has 0 radical (unpaired) electrons. The van der Waals surface area contributed by atoms with E-state index in [0.29, 0.717) is 35.8 Å². The van der Waals surface area contributed by atoms with Gasteiger partial charge in [0.15, 0.2) is 5.75 Å². The predicted molar refractivity (Wildman–Crippen MR) is 189 cm³/mol. The van der Waals surface area contributed by atoms with Crippen LogP contribution in [0.1, 0.15) is 96.8 Å². The number of hydrogen-bond acceptors (Lipinski definition) is 12. The smallest absolute Gasteiger partial charge is 0.486 e. The lowest BCUT2D eigenvalue weighted by Gasteiger charge is -2.64. The number of rotatable bonds is 11. The van der Waals surface area contributed by atoms with Crippen LogP contribution < -0.4 is 9.47 Å². The van der Waals surface area contributed by atoms with Crippen molar-refractivity contribution >= 4 is 31.1 Å². The van der Waals surface area contributed by atoms with Crippen LogP contribution in [-0.4, -0.2) is 98.2 Å². The van der Waals surface area contributed by atoms with E-state index in [1.807, 2.05) is 0 Å². The van der Waals surface area contributed by atoms with Crippen LogP contribution in [0.15, 0.2) is 18.3 Å². The van der Waals surface area contributed by atoms with Crippen LogP contribution in [0.25, 0.3) is 0 Å². The highest BCUT2D eigenvalue weighted by Gasteiger charge is 2.67. The van der Waals surface area contributed by atoms with Crippen molar-refractivity contribution in [3.63, 3.8) is 0 Å². The zero-order chi connectivity index (χ0) is 38.7. The van der Waals surface area contributed by atoms with Crippen molar-refractivity contribution in [2.24, 2.45) is 17.3 Å². The third-order valence-corrected chi connectivity index (χ3v) is 10.7. The van der Waals surface area contributed by atoms with Crippen LogP contribution in [0.3, 0.4) is 0 Å². The summed E-state index contributed by atoms with van der Waals surface area (Å²) >= 11 is 0. The molecule has 1 amide bonds. The number of hydrogen-bond donors (Lipinski definition) is 1. The Morgan fingerprint density at radius 1 is 1.02 bits per heavy atom. The van der Waals surface area contributed by atoms with Crippen molar-refractivity contribution in [2.45, 2.75) is 130 Å². The van der Waals surface area contributed by atoms with Crippen molar-refractivity contribution in [3.8, 4) is 11.5 Å². The van der Waals surface area contributed by atoms with Crippen molar-refractivity contribution in [2.75, 3.05) is 13.1 Å². The standard InChI is InChI=1S/C37H51BN4O11/c1-34(2,3)50-32(46)30-25(48-24-18-41(19-24)28(43)16-23-17-42(40-39-23)20-29(44)45)11-10-21(31(30)49-33(47)51-35(4,5)6)12-13-38-52-27-15-22-14-26(36(22,7)8)37(27,9)53-38/h10-11,17,22,24,26-27H,12-16,18-20H2,1-9H3,(H,44,45)/t22-,26-,27+,37-/m0/s1. The molecule has 2 aliphatic heterocycles. The van der Waals surface area contributed by atoms with Gasteiger partial charge >= 0.3 is 25.2 Å². The molecule has 2 saturated heterocycles. The monoisotopic (exact) mass is 738 g/mol. The number of amides is 1. The first kappa shape index (κ1) is 38.5. The number of nitrogens with zero attached hydrogens (tertiary/aromatic N) is 4. The molecule has 4 atom stereocenters. The fraction of sp³-hybridized carbons (Fsp3) is 0.676. The molecular weight excluding hydrogens is 687 g/mol. The van der Waals surface area contributed by atoms with Crippen molar-refractivity contribution in [1.29, 1.82) is 0 Å². The molecule has 0 unspecified atom stereocenters. The number of carbonyl (C=O) groups is 4. The van der Waals surface area contributed by atoms with E-state index in [9.17, 15) is 19.2 Å². The van der Waals surface area contributed by atoms with Gasteiger partial charge in [0.2, 0.25) is 5.91 Å². The van der Waals surface area contributed by atoms with Gasteiger partial charge in [-0.25, -0.2) is 14.3 Å². The van der Waals surface area contributed by atoms with Gasteiger partial charge < -0.3 is 38.3 Å². The molecule has 288 valence electrons. The van der Waals surface area contributed by atoms with Crippen LogP contribution in [0, 0.1) is 17.3 Å². The van der Waals surface area contributed by atoms with Gasteiger partial charge in [0.05, 0.1) is 36.9 Å². The number of esters is 1. The Kier molecular flexibility index (Phi) is 10.1. The van der Waals surface area contributed by atoms with Crippen LogP contribution in [0.2, 0.25) is 6.32 Å². The Labute approximate surface area is 310 Å². The van der Waals surface area contributed by atoms with Gasteiger partial charge in [0, 0.05) is 6.20 Å².